The number of amides is 2. The Bertz CT molecular complexity index is 836. The van der Waals surface area contributed by atoms with E-state index in [9.17, 15) is 22.8 Å². The minimum absolute atomic E-state index is 0.0213. The monoisotopic (exact) mass is 398 g/mol. The molecule has 0 spiro atoms. The molecule has 1 N–H and O–H groups in total. The van der Waals surface area contributed by atoms with Gasteiger partial charge in [0.15, 0.2) is 0 Å². The fraction of sp³-hybridized carbons (Fsp3) is 0.263. The third-order valence-corrected chi connectivity index (χ3v) is 4.14. The Morgan fingerprint density at radius 2 is 1.74 bits per heavy atom. The lowest BCUT2D eigenvalue weighted by atomic mass is 10.1. The second-order valence-corrected chi connectivity index (χ2v) is 6.41. The van der Waals surface area contributed by atoms with Crippen molar-refractivity contribution in [2.24, 2.45) is 0 Å². The molecule has 0 heterocycles. The van der Waals surface area contributed by atoms with Crippen LogP contribution in [0.1, 0.15) is 24.5 Å². The van der Waals surface area contributed by atoms with Gasteiger partial charge in [-0.3, -0.25) is 9.59 Å². The second kappa shape index (κ2) is 8.43. The van der Waals surface area contributed by atoms with E-state index in [1.165, 1.54) is 24.0 Å². The second-order valence-electron chi connectivity index (χ2n) is 5.97. The number of hydrogen-bond donors (Lipinski definition) is 1. The molecule has 0 atom stereocenters. The summed E-state index contributed by atoms with van der Waals surface area (Å²) in [5.74, 6) is -0.664. The largest absolute Gasteiger partial charge is 0.416 e. The first-order chi connectivity index (χ1) is 12.6. The van der Waals surface area contributed by atoms with Gasteiger partial charge in [-0.25, -0.2) is 0 Å². The molecule has 0 radical (unpaired) electrons. The molecule has 27 heavy (non-hydrogen) atoms. The van der Waals surface area contributed by atoms with Crippen molar-refractivity contribution in [3.63, 3.8) is 0 Å². The summed E-state index contributed by atoms with van der Waals surface area (Å²) >= 11 is 5.98. The smallest absolute Gasteiger partial charge is 0.326 e. The Morgan fingerprint density at radius 3 is 2.30 bits per heavy atom. The van der Waals surface area contributed by atoms with Crippen molar-refractivity contribution in [1.82, 2.24) is 0 Å². The number of alkyl halides is 3. The summed E-state index contributed by atoms with van der Waals surface area (Å²) in [6.07, 6.45) is -4.45. The van der Waals surface area contributed by atoms with Crippen molar-refractivity contribution < 1.29 is 22.8 Å². The topological polar surface area (TPSA) is 49.4 Å². The average molecular weight is 399 g/mol. The maximum absolute atomic E-state index is 12.6. The molecule has 2 aromatic carbocycles. The minimum atomic E-state index is -4.43. The van der Waals surface area contributed by atoms with Crippen LogP contribution in [-0.4, -0.2) is 18.4 Å². The molecule has 0 aliphatic carbocycles. The first kappa shape index (κ1) is 20.8. The molecule has 2 rings (SSSR count). The normalized spacial score (nSPS) is 11.2. The van der Waals surface area contributed by atoms with Crippen molar-refractivity contribution in [3.8, 4) is 0 Å². The van der Waals surface area contributed by atoms with Crippen LogP contribution in [0, 0.1) is 6.92 Å². The summed E-state index contributed by atoms with van der Waals surface area (Å²) in [7, 11) is 0. The van der Waals surface area contributed by atoms with E-state index in [1.54, 1.807) is 18.2 Å². The maximum atomic E-state index is 12.6. The summed E-state index contributed by atoms with van der Waals surface area (Å²) in [4.78, 5) is 25.5. The molecule has 0 unspecified atom stereocenters. The van der Waals surface area contributed by atoms with Crippen molar-refractivity contribution in [3.05, 3.63) is 58.6 Å². The fourth-order valence-electron chi connectivity index (χ4n) is 2.50. The van der Waals surface area contributed by atoms with E-state index >= 15 is 0 Å². The minimum Gasteiger partial charge on any atom is -0.326 e. The zero-order valence-corrected chi connectivity index (χ0v) is 15.5. The van der Waals surface area contributed by atoms with Gasteiger partial charge < -0.3 is 10.2 Å². The quantitative estimate of drug-likeness (QED) is 0.766. The molecule has 2 amide bonds. The van der Waals surface area contributed by atoms with Gasteiger partial charge in [0, 0.05) is 36.3 Å². The van der Waals surface area contributed by atoms with E-state index in [-0.39, 0.29) is 24.6 Å². The Balaban J connectivity index is 2.02. The molecule has 0 saturated carbocycles. The molecule has 144 valence electrons. The van der Waals surface area contributed by atoms with Gasteiger partial charge in [-0.05, 0) is 48.9 Å². The number of benzene rings is 2. The molecule has 0 aliphatic rings. The summed E-state index contributed by atoms with van der Waals surface area (Å²) in [5.41, 5.74) is 0.899. The summed E-state index contributed by atoms with van der Waals surface area (Å²) in [5, 5.41) is 2.99. The molecule has 0 aliphatic heterocycles. The standard InChI is InChI=1S/C19H18ClF3N2O2/c1-12-3-6-15(20)11-17(12)25(13(2)26)10-9-18(27)24-16-7-4-14(5-8-16)19(21,22)23/h3-8,11H,9-10H2,1-2H3,(H,24,27). The third kappa shape index (κ3) is 5.72. The first-order valence-corrected chi connectivity index (χ1v) is 8.47. The number of nitrogens with zero attached hydrogens (tertiary/aromatic N) is 1. The number of halogens is 4. The Kier molecular flexibility index (Phi) is 6.49. The number of carbonyl (C=O) groups is 2. The fourth-order valence-corrected chi connectivity index (χ4v) is 2.67. The first-order valence-electron chi connectivity index (χ1n) is 8.09. The van der Waals surface area contributed by atoms with Gasteiger partial charge in [-0.1, -0.05) is 17.7 Å². The van der Waals surface area contributed by atoms with Crippen LogP contribution >= 0.6 is 11.6 Å². The molecule has 0 fully saturated rings. The van der Waals surface area contributed by atoms with Gasteiger partial charge >= 0.3 is 6.18 Å². The van der Waals surface area contributed by atoms with Crippen molar-refractivity contribution in [2.75, 3.05) is 16.8 Å². The van der Waals surface area contributed by atoms with Gasteiger partial charge in [-0.15, -0.1) is 0 Å². The average Bonchev–Trinajstić information content (AvgIpc) is 2.57. The SMILES string of the molecule is CC(=O)N(CCC(=O)Nc1ccc(C(F)(F)F)cc1)c1cc(Cl)ccc1C. The van der Waals surface area contributed by atoms with E-state index in [4.69, 9.17) is 11.6 Å². The molecular formula is C19H18ClF3N2O2. The number of anilines is 2. The van der Waals surface area contributed by atoms with Gasteiger partial charge in [0.1, 0.15) is 0 Å². The van der Waals surface area contributed by atoms with E-state index in [0.29, 0.717) is 10.7 Å². The molecular weight excluding hydrogens is 381 g/mol. The summed E-state index contributed by atoms with van der Waals surface area (Å²) < 4.78 is 37.7. The molecule has 0 aromatic heterocycles. The van der Waals surface area contributed by atoms with Crippen LogP contribution in [-0.2, 0) is 15.8 Å². The number of aryl methyl sites for hydroxylation is 1. The van der Waals surface area contributed by atoms with E-state index < -0.39 is 17.6 Å². The van der Waals surface area contributed by atoms with Crippen LogP contribution in [0.25, 0.3) is 0 Å². The summed E-state index contributed by atoms with van der Waals surface area (Å²) in [6.45, 7) is 3.32. The highest BCUT2D eigenvalue weighted by molar-refractivity contribution is 6.31. The lowest BCUT2D eigenvalue weighted by molar-refractivity contribution is -0.137. The number of hydrogen-bond acceptors (Lipinski definition) is 2. The highest BCUT2D eigenvalue weighted by atomic mass is 35.5. The molecule has 8 heteroatoms. The number of carbonyl (C=O) groups excluding carboxylic acids is 2. The lowest BCUT2D eigenvalue weighted by Crippen LogP contribution is -2.32. The van der Waals surface area contributed by atoms with Crippen LogP contribution in [0.15, 0.2) is 42.5 Å². The van der Waals surface area contributed by atoms with Gasteiger partial charge in [-0.2, -0.15) is 13.2 Å². The van der Waals surface area contributed by atoms with Crippen molar-refractivity contribution in [1.29, 1.82) is 0 Å². The van der Waals surface area contributed by atoms with Crippen LogP contribution in [0.5, 0.6) is 0 Å². The van der Waals surface area contributed by atoms with E-state index in [2.05, 4.69) is 5.32 Å². The highest BCUT2D eigenvalue weighted by Gasteiger charge is 2.30. The molecule has 4 nitrogen and oxygen atoms in total. The lowest BCUT2D eigenvalue weighted by Gasteiger charge is -2.23. The van der Waals surface area contributed by atoms with Crippen molar-refractivity contribution >= 4 is 34.8 Å². The van der Waals surface area contributed by atoms with Gasteiger partial charge in [0.2, 0.25) is 11.8 Å². The predicted octanol–water partition coefficient (Wildman–Crippen LogP) is 5.05. The molecule has 0 saturated heterocycles. The molecule has 2 aromatic rings. The Labute approximate surface area is 159 Å². The predicted molar refractivity (Wildman–Crippen MR) is 98.9 cm³/mol. The van der Waals surface area contributed by atoms with Crippen molar-refractivity contribution in [2.45, 2.75) is 26.4 Å². The zero-order chi connectivity index (χ0) is 20.2. The van der Waals surface area contributed by atoms with Crippen LogP contribution in [0.2, 0.25) is 5.02 Å². The number of nitrogens with one attached hydrogen (secondary N) is 1. The maximum Gasteiger partial charge on any atom is 0.416 e. The van der Waals surface area contributed by atoms with E-state index in [1.807, 2.05) is 6.92 Å². The highest BCUT2D eigenvalue weighted by Crippen LogP contribution is 2.30. The summed E-state index contributed by atoms with van der Waals surface area (Å²) in [6, 6.07) is 9.28. The van der Waals surface area contributed by atoms with Crippen LogP contribution < -0.4 is 10.2 Å². The van der Waals surface area contributed by atoms with Crippen LogP contribution in [0.4, 0.5) is 24.5 Å². The van der Waals surface area contributed by atoms with Gasteiger partial charge in [0.25, 0.3) is 0 Å². The Hall–Kier alpha value is -2.54. The Morgan fingerprint density at radius 1 is 1.11 bits per heavy atom. The van der Waals surface area contributed by atoms with E-state index in [0.717, 1.165) is 17.7 Å². The number of rotatable bonds is 5. The zero-order valence-electron chi connectivity index (χ0n) is 14.7. The van der Waals surface area contributed by atoms with Crippen LogP contribution in [0.3, 0.4) is 0 Å². The molecule has 0 bridgehead atoms. The third-order valence-electron chi connectivity index (χ3n) is 3.90. The van der Waals surface area contributed by atoms with Gasteiger partial charge in [0.05, 0.1) is 5.56 Å².